The minimum atomic E-state index is -0.258. The van der Waals surface area contributed by atoms with Gasteiger partial charge in [-0.3, -0.25) is 4.79 Å². The lowest BCUT2D eigenvalue weighted by Crippen LogP contribution is -2.21. The largest absolute Gasteiger partial charge is 0.343 e. The molecule has 0 radical (unpaired) electrons. The molecule has 0 unspecified atom stereocenters. The molecule has 1 aliphatic rings. The van der Waals surface area contributed by atoms with Gasteiger partial charge >= 0.3 is 0 Å². The van der Waals surface area contributed by atoms with Gasteiger partial charge in [0.05, 0.1) is 6.54 Å². The molecular weight excluding hydrogens is 193 g/mol. The molecule has 0 fully saturated rings. The Bertz CT molecular complexity index is 420. The predicted octanol–water partition coefficient (Wildman–Crippen LogP) is 2.28. The lowest BCUT2D eigenvalue weighted by Gasteiger charge is -2.22. The lowest BCUT2D eigenvalue weighted by atomic mass is 10.2. The normalized spacial score (nSPS) is 15.0. The molecule has 0 aromatic heterocycles. The van der Waals surface area contributed by atoms with Gasteiger partial charge in [-0.25, -0.2) is 4.39 Å². The van der Waals surface area contributed by atoms with Crippen LogP contribution in [-0.2, 0) is 4.79 Å². The van der Waals surface area contributed by atoms with Crippen LogP contribution in [0.2, 0.25) is 0 Å². The molecule has 0 spiro atoms. The Hall–Kier alpha value is -1.90. The second kappa shape index (κ2) is 4.09. The summed E-state index contributed by atoms with van der Waals surface area (Å²) < 4.78 is 12.7. The monoisotopic (exact) mass is 203 g/mol. The first-order valence-corrected chi connectivity index (χ1v) is 4.64. The van der Waals surface area contributed by atoms with E-state index in [-0.39, 0.29) is 5.82 Å². The average Bonchev–Trinajstić information content (AvgIpc) is 2.30. The van der Waals surface area contributed by atoms with E-state index in [9.17, 15) is 9.18 Å². The molecule has 0 saturated carbocycles. The Labute approximate surface area is 87.3 Å². The zero-order valence-corrected chi connectivity index (χ0v) is 8.06. The molecule has 1 aromatic carbocycles. The molecule has 1 aromatic rings. The third kappa shape index (κ3) is 2.13. The first-order valence-electron chi connectivity index (χ1n) is 4.64. The van der Waals surface area contributed by atoms with Crippen molar-refractivity contribution in [2.24, 2.45) is 0 Å². The highest BCUT2D eigenvalue weighted by atomic mass is 19.1. The van der Waals surface area contributed by atoms with Crippen molar-refractivity contribution < 1.29 is 9.18 Å². The van der Waals surface area contributed by atoms with Crippen molar-refractivity contribution in [1.82, 2.24) is 0 Å². The minimum Gasteiger partial charge on any atom is -0.343 e. The number of hydrogen-bond donors (Lipinski definition) is 0. The lowest BCUT2D eigenvalue weighted by molar-refractivity contribution is -0.104. The van der Waals surface area contributed by atoms with E-state index in [0.717, 1.165) is 12.0 Å². The number of allylic oxidation sites excluding steroid dienone is 2. The third-order valence-corrected chi connectivity index (χ3v) is 2.24. The number of aldehydes is 1. The van der Waals surface area contributed by atoms with E-state index in [0.29, 0.717) is 12.1 Å². The molecule has 76 valence electrons. The molecule has 0 N–H and O–H groups in total. The Morgan fingerprint density at radius 2 is 2.00 bits per heavy atom. The van der Waals surface area contributed by atoms with Crippen LogP contribution in [0.4, 0.5) is 10.1 Å². The maximum absolute atomic E-state index is 12.7. The Balaban J connectivity index is 2.20. The van der Waals surface area contributed by atoms with Gasteiger partial charge in [0.15, 0.2) is 0 Å². The number of hydrogen-bond acceptors (Lipinski definition) is 2. The zero-order chi connectivity index (χ0) is 10.7. The number of anilines is 1. The minimum absolute atomic E-state index is 0.258. The van der Waals surface area contributed by atoms with Gasteiger partial charge < -0.3 is 4.90 Å². The maximum Gasteiger partial charge on any atom is 0.147 e. The van der Waals surface area contributed by atoms with Crippen molar-refractivity contribution >= 4 is 12.0 Å². The van der Waals surface area contributed by atoms with Crippen LogP contribution in [0.25, 0.3) is 0 Å². The summed E-state index contributed by atoms with van der Waals surface area (Å²) >= 11 is 0. The highest BCUT2D eigenvalue weighted by molar-refractivity contribution is 5.77. The summed E-state index contributed by atoms with van der Waals surface area (Å²) in [5.41, 5.74) is 1.59. The van der Waals surface area contributed by atoms with Gasteiger partial charge in [-0.2, -0.15) is 0 Å². The maximum atomic E-state index is 12.7. The Morgan fingerprint density at radius 3 is 2.67 bits per heavy atom. The topological polar surface area (TPSA) is 20.3 Å². The number of halogens is 1. The van der Waals surface area contributed by atoms with E-state index < -0.39 is 0 Å². The first-order chi connectivity index (χ1) is 7.29. The molecule has 2 nitrogen and oxygen atoms in total. The van der Waals surface area contributed by atoms with Crippen LogP contribution in [0, 0.1) is 5.82 Å². The Morgan fingerprint density at radius 1 is 1.27 bits per heavy atom. The smallest absolute Gasteiger partial charge is 0.147 e. The quantitative estimate of drug-likeness (QED) is 0.687. The number of rotatable bonds is 2. The summed E-state index contributed by atoms with van der Waals surface area (Å²) in [5, 5.41) is 0. The van der Waals surface area contributed by atoms with Crippen molar-refractivity contribution in [3.63, 3.8) is 0 Å². The van der Waals surface area contributed by atoms with E-state index in [1.807, 2.05) is 11.1 Å². The number of nitrogens with zero attached hydrogens (tertiary/aromatic N) is 1. The average molecular weight is 203 g/mol. The van der Waals surface area contributed by atoms with Crippen LogP contribution in [0.5, 0.6) is 0 Å². The van der Waals surface area contributed by atoms with Crippen LogP contribution in [0.1, 0.15) is 0 Å². The second-order valence-electron chi connectivity index (χ2n) is 3.31. The van der Waals surface area contributed by atoms with Gasteiger partial charge in [-0.05, 0) is 30.3 Å². The van der Waals surface area contributed by atoms with E-state index >= 15 is 0 Å². The molecule has 1 aliphatic heterocycles. The summed E-state index contributed by atoms with van der Waals surface area (Å²) in [6, 6.07) is 6.19. The molecule has 2 rings (SSSR count). The van der Waals surface area contributed by atoms with Gasteiger partial charge in [0, 0.05) is 17.5 Å². The van der Waals surface area contributed by atoms with Crippen LogP contribution >= 0.6 is 0 Å². The molecule has 0 bridgehead atoms. The summed E-state index contributed by atoms with van der Waals surface area (Å²) in [7, 11) is 0. The third-order valence-electron chi connectivity index (χ3n) is 2.24. The van der Waals surface area contributed by atoms with Crippen molar-refractivity contribution in [2.45, 2.75) is 0 Å². The molecule has 15 heavy (non-hydrogen) atoms. The van der Waals surface area contributed by atoms with Crippen molar-refractivity contribution in [3.8, 4) is 0 Å². The molecule has 0 saturated heterocycles. The molecule has 3 heteroatoms. The van der Waals surface area contributed by atoms with E-state index in [1.54, 1.807) is 24.3 Å². The Kier molecular flexibility index (Phi) is 2.63. The summed E-state index contributed by atoms with van der Waals surface area (Å²) in [6.45, 7) is 0.533. The fourth-order valence-electron chi connectivity index (χ4n) is 1.46. The molecule has 1 heterocycles. The van der Waals surface area contributed by atoms with Crippen LogP contribution in [0.15, 0.2) is 48.2 Å². The molecule has 0 aliphatic carbocycles. The van der Waals surface area contributed by atoms with Gasteiger partial charge in [-0.1, -0.05) is 6.08 Å². The van der Waals surface area contributed by atoms with E-state index in [2.05, 4.69) is 0 Å². The fourth-order valence-corrected chi connectivity index (χ4v) is 1.46. The van der Waals surface area contributed by atoms with E-state index in [4.69, 9.17) is 0 Å². The number of benzene rings is 1. The SMILES string of the molecule is O=CC1=CC=CN(c2ccc(F)cc2)C1. The van der Waals surface area contributed by atoms with Gasteiger partial charge in [0.1, 0.15) is 12.1 Å². The van der Waals surface area contributed by atoms with Crippen LogP contribution in [-0.4, -0.2) is 12.8 Å². The number of carbonyl (C=O) groups excluding carboxylic acids is 1. The second-order valence-corrected chi connectivity index (χ2v) is 3.31. The van der Waals surface area contributed by atoms with Gasteiger partial charge in [-0.15, -0.1) is 0 Å². The highest BCUT2D eigenvalue weighted by Gasteiger charge is 2.08. The highest BCUT2D eigenvalue weighted by Crippen LogP contribution is 2.18. The van der Waals surface area contributed by atoms with Crippen LogP contribution < -0.4 is 4.90 Å². The predicted molar refractivity (Wildman–Crippen MR) is 57.0 cm³/mol. The summed E-state index contributed by atoms with van der Waals surface area (Å²) in [5.74, 6) is -0.258. The van der Waals surface area contributed by atoms with Gasteiger partial charge in [0.2, 0.25) is 0 Å². The zero-order valence-electron chi connectivity index (χ0n) is 8.06. The van der Waals surface area contributed by atoms with Crippen molar-refractivity contribution in [1.29, 1.82) is 0 Å². The molecular formula is C12H10FNO. The van der Waals surface area contributed by atoms with Crippen LogP contribution in [0.3, 0.4) is 0 Å². The summed E-state index contributed by atoms with van der Waals surface area (Å²) in [4.78, 5) is 12.5. The fraction of sp³-hybridized carbons (Fsp3) is 0.0833. The number of carbonyl (C=O) groups is 1. The standard InChI is InChI=1S/C12H10FNO/c13-11-3-5-12(6-4-11)14-7-1-2-10(8-14)9-15/h1-7,9H,8H2. The van der Waals surface area contributed by atoms with Gasteiger partial charge in [0.25, 0.3) is 0 Å². The van der Waals surface area contributed by atoms with Crippen molar-refractivity contribution in [3.05, 3.63) is 54.0 Å². The van der Waals surface area contributed by atoms with Crippen molar-refractivity contribution in [2.75, 3.05) is 11.4 Å². The molecule has 0 amide bonds. The molecule has 0 atom stereocenters. The summed E-state index contributed by atoms with van der Waals surface area (Å²) in [6.07, 6.45) is 6.27. The van der Waals surface area contributed by atoms with E-state index in [1.165, 1.54) is 12.1 Å². The first kappa shape index (κ1) is 9.65.